The summed E-state index contributed by atoms with van der Waals surface area (Å²) in [5, 5.41) is 3.15. The summed E-state index contributed by atoms with van der Waals surface area (Å²) in [5.41, 5.74) is 1.05. The Morgan fingerprint density at radius 3 is 2.16 bits per heavy atom. The molecule has 9 nitrogen and oxygen atoms in total. The number of sulfonamides is 1. The van der Waals surface area contributed by atoms with Crippen LogP contribution in [-0.2, 0) is 32.6 Å². The van der Waals surface area contributed by atoms with Gasteiger partial charge in [0.1, 0.15) is 29.9 Å². The Hall–Kier alpha value is -4.90. The van der Waals surface area contributed by atoms with E-state index in [4.69, 9.17) is 9.47 Å². The average molecular weight is 688 g/mol. The minimum atomic E-state index is -4.37. The molecule has 11 heteroatoms. The lowest BCUT2D eigenvalue weighted by atomic mass is 9.94. The van der Waals surface area contributed by atoms with Gasteiger partial charge in [0.2, 0.25) is 11.8 Å². The Morgan fingerprint density at radius 1 is 0.857 bits per heavy atom. The van der Waals surface area contributed by atoms with Gasteiger partial charge in [0.15, 0.2) is 0 Å². The van der Waals surface area contributed by atoms with E-state index in [9.17, 15) is 18.0 Å². The second-order valence-electron chi connectivity index (χ2n) is 12.0. The molecule has 258 valence electrons. The van der Waals surface area contributed by atoms with E-state index >= 15 is 4.39 Å². The van der Waals surface area contributed by atoms with E-state index in [1.54, 1.807) is 48.5 Å². The highest BCUT2D eigenvalue weighted by atomic mass is 32.2. The van der Waals surface area contributed by atoms with Crippen molar-refractivity contribution in [1.82, 2.24) is 10.2 Å². The fourth-order valence-electron chi connectivity index (χ4n) is 6.13. The molecule has 0 aromatic heterocycles. The van der Waals surface area contributed by atoms with E-state index in [0.717, 1.165) is 42.0 Å². The first-order valence-corrected chi connectivity index (χ1v) is 17.8. The Labute approximate surface area is 287 Å². The van der Waals surface area contributed by atoms with Crippen LogP contribution in [0.1, 0.15) is 43.2 Å². The van der Waals surface area contributed by atoms with E-state index < -0.39 is 34.3 Å². The number of carbonyl (C=O) groups excluding carboxylic acids is 2. The molecule has 1 fully saturated rings. The van der Waals surface area contributed by atoms with E-state index in [1.807, 2.05) is 30.3 Å². The number of methoxy groups -OCH3 is 2. The van der Waals surface area contributed by atoms with Crippen molar-refractivity contribution in [1.29, 1.82) is 0 Å². The van der Waals surface area contributed by atoms with Crippen molar-refractivity contribution >= 4 is 27.5 Å². The average Bonchev–Trinajstić information content (AvgIpc) is 3.13. The number of halogens is 1. The Balaban J connectivity index is 1.61. The second kappa shape index (κ2) is 16.5. The van der Waals surface area contributed by atoms with E-state index in [1.165, 1.54) is 43.4 Å². The van der Waals surface area contributed by atoms with Gasteiger partial charge in [-0.3, -0.25) is 13.9 Å². The highest BCUT2D eigenvalue weighted by Crippen LogP contribution is 2.36. The van der Waals surface area contributed by atoms with E-state index in [-0.39, 0.29) is 46.8 Å². The SMILES string of the molecule is COc1ccc(OC)c(N(CC(=O)N(Cc2ccccc2F)[C@H](Cc2ccccc2)C(=O)NC2CCCCC2)S(=O)(=O)c2ccccc2)c1. The van der Waals surface area contributed by atoms with Crippen molar-refractivity contribution < 1.29 is 31.9 Å². The Kier molecular flexibility index (Phi) is 11.9. The molecular formula is C38H42FN3O6S. The molecule has 0 radical (unpaired) electrons. The van der Waals surface area contributed by atoms with Crippen LogP contribution in [0.3, 0.4) is 0 Å². The second-order valence-corrected chi connectivity index (χ2v) is 13.9. The molecule has 1 saturated carbocycles. The topological polar surface area (TPSA) is 105 Å². The predicted molar refractivity (Wildman–Crippen MR) is 186 cm³/mol. The molecule has 1 aliphatic carbocycles. The highest BCUT2D eigenvalue weighted by molar-refractivity contribution is 7.92. The van der Waals surface area contributed by atoms with Crippen molar-refractivity contribution in [2.45, 2.75) is 62.0 Å². The number of rotatable bonds is 14. The normalized spacial score (nSPS) is 14.0. The third kappa shape index (κ3) is 8.77. The summed E-state index contributed by atoms with van der Waals surface area (Å²) in [7, 11) is -1.53. The number of nitrogens with one attached hydrogen (secondary N) is 1. The first-order chi connectivity index (χ1) is 23.7. The third-order valence-electron chi connectivity index (χ3n) is 8.79. The van der Waals surface area contributed by atoms with E-state index in [0.29, 0.717) is 5.75 Å². The standard InChI is InChI=1S/C38H42FN3O6S/c1-47-31-22-23-36(48-2)34(25-31)42(49(45,46)32-19-10-5-11-20-32)27-37(43)41(26-29-16-12-13-21-33(29)39)35(24-28-14-6-3-7-15-28)38(44)40-30-17-8-4-9-18-30/h3,5-7,10-16,19-23,25,30,35H,4,8-9,17-18,24,26-27H2,1-2H3,(H,40,44)/t35-/m1/s1. The summed E-state index contributed by atoms with van der Waals surface area (Å²) in [4.78, 5) is 30.2. The summed E-state index contributed by atoms with van der Waals surface area (Å²) in [6, 6.07) is 26.6. The quantitative estimate of drug-likeness (QED) is 0.171. The summed E-state index contributed by atoms with van der Waals surface area (Å²) >= 11 is 0. The van der Waals surface area contributed by atoms with Crippen LogP contribution < -0.4 is 19.1 Å². The van der Waals surface area contributed by atoms with Gasteiger partial charge in [0, 0.05) is 30.6 Å². The number of amides is 2. The summed E-state index contributed by atoms with van der Waals surface area (Å²) in [6.45, 7) is -0.979. The maximum Gasteiger partial charge on any atom is 0.264 e. The molecule has 4 aromatic carbocycles. The van der Waals surface area contributed by atoms with Gasteiger partial charge in [0.05, 0.1) is 24.8 Å². The van der Waals surface area contributed by atoms with Crippen molar-refractivity contribution in [3.05, 3.63) is 120 Å². The zero-order valence-electron chi connectivity index (χ0n) is 27.8. The molecule has 0 saturated heterocycles. The number of nitrogens with zero attached hydrogens (tertiary/aromatic N) is 2. The summed E-state index contributed by atoms with van der Waals surface area (Å²) in [5.74, 6) is -1.10. The lowest BCUT2D eigenvalue weighted by molar-refractivity contribution is -0.140. The number of carbonyl (C=O) groups is 2. The predicted octanol–water partition coefficient (Wildman–Crippen LogP) is 6.13. The molecule has 0 unspecified atom stereocenters. The van der Waals surface area contributed by atoms with Crippen molar-refractivity contribution in [2.75, 3.05) is 25.1 Å². The third-order valence-corrected chi connectivity index (χ3v) is 10.6. The lowest BCUT2D eigenvalue weighted by Crippen LogP contribution is -2.55. The molecule has 0 aliphatic heterocycles. The van der Waals surface area contributed by atoms with Crippen molar-refractivity contribution in [3.63, 3.8) is 0 Å². The highest BCUT2D eigenvalue weighted by Gasteiger charge is 2.36. The van der Waals surface area contributed by atoms with Gasteiger partial charge in [-0.25, -0.2) is 12.8 Å². The number of hydrogen-bond acceptors (Lipinski definition) is 6. The van der Waals surface area contributed by atoms with Gasteiger partial charge in [0.25, 0.3) is 10.0 Å². The fourth-order valence-corrected chi connectivity index (χ4v) is 7.57. The van der Waals surface area contributed by atoms with Crippen LogP contribution in [-0.4, -0.2) is 58.0 Å². The van der Waals surface area contributed by atoms with Crippen LogP contribution in [0, 0.1) is 5.82 Å². The zero-order chi connectivity index (χ0) is 34.8. The van der Waals surface area contributed by atoms with Crippen LogP contribution in [0.25, 0.3) is 0 Å². The molecular weight excluding hydrogens is 645 g/mol. The van der Waals surface area contributed by atoms with Gasteiger partial charge in [-0.15, -0.1) is 0 Å². The van der Waals surface area contributed by atoms with E-state index in [2.05, 4.69) is 5.32 Å². The maximum absolute atomic E-state index is 15.2. The fraction of sp³-hybridized carbons (Fsp3) is 0.316. The lowest BCUT2D eigenvalue weighted by Gasteiger charge is -2.35. The number of ether oxygens (including phenoxy) is 2. The number of hydrogen-bond donors (Lipinski definition) is 1. The van der Waals surface area contributed by atoms with Crippen molar-refractivity contribution in [3.8, 4) is 11.5 Å². The Morgan fingerprint density at radius 2 is 1.51 bits per heavy atom. The molecule has 1 aliphatic rings. The largest absolute Gasteiger partial charge is 0.497 e. The molecule has 1 N–H and O–H groups in total. The number of anilines is 1. The van der Waals surface area contributed by atoms with Gasteiger partial charge < -0.3 is 19.7 Å². The van der Waals surface area contributed by atoms with Crippen LogP contribution in [0.15, 0.2) is 108 Å². The maximum atomic E-state index is 15.2. The van der Waals surface area contributed by atoms with Crippen LogP contribution in [0.5, 0.6) is 11.5 Å². The molecule has 0 heterocycles. The van der Waals surface area contributed by atoms with Crippen LogP contribution in [0.4, 0.5) is 10.1 Å². The molecule has 4 aromatic rings. The molecule has 2 amide bonds. The summed E-state index contributed by atoms with van der Waals surface area (Å²) in [6.07, 6.45) is 4.85. The van der Waals surface area contributed by atoms with Gasteiger partial charge >= 0.3 is 0 Å². The van der Waals surface area contributed by atoms with Crippen molar-refractivity contribution in [2.24, 2.45) is 0 Å². The minimum Gasteiger partial charge on any atom is -0.497 e. The molecule has 49 heavy (non-hydrogen) atoms. The molecule has 0 bridgehead atoms. The summed E-state index contributed by atoms with van der Waals surface area (Å²) < 4.78 is 55.8. The molecule has 0 spiro atoms. The van der Waals surface area contributed by atoms with Gasteiger partial charge in [-0.2, -0.15) is 0 Å². The number of benzene rings is 4. The first kappa shape index (κ1) is 35.4. The minimum absolute atomic E-state index is 0.0517. The first-order valence-electron chi connectivity index (χ1n) is 16.4. The monoisotopic (exact) mass is 687 g/mol. The van der Waals surface area contributed by atoms with Crippen LogP contribution in [0.2, 0.25) is 0 Å². The Bertz CT molecular complexity index is 1820. The van der Waals surface area contributed by atoms with Gasteiger partial charge in [-0.05, 0) is 48.7 Å². The van der Waals surface area contributed by atoms with Crippen LogP contribution >= 0.6 is 0 Å². The zero-order valence-corrected chi connectivity index (χ0v) is 28.6. The smallest absolute Gasteiger partial charge is 0.264 e. The van der Waals surface area contributed by atoms with Gasteiger partial charge in [-0.1, -0.05) is 86.0 Å². The molecule has 5 rings (SSSR count). The molecule has 1 atom stereocenters.